The van der Waals surface area contributed by atoms with Crippen LogP contribution in [-0.2, 0) is 11.3 Å². The number of benzene rings is 2. The van der Waals surface area contributed by atoms with E-state index in [2.05, 4.69) is 20.9 Å². The molecular weight excluding hydrogens is 346 g/mol. The number of fused-ring (bicyclic) bond motifs is 2. The van der Waals surface area contributed by atoms with Crippen molar-refractivity contribution in [2.75, 3.05) is 0 Å². The van der Waals surface area contributed by atoms with Crippen molar-refractivity contribution in [3.8, 4) is 0 Å². The number of para-hydroxylation sites is 2. The Bertz CT molecular complexity index is 1220. The lowest BCUT2D eigenvalue weighted by molar-refractivity contribution is -0.122. The molecule has 4 rings (SSSR count). The summed E-state index contributed by atoms with van der Waals surface area (Å²) in [6.45, 7) is -0.144. The van der Waals surface area contributed by atoms with Crippen LogP contribution in [0.25, 0.3) is 21.8 Å². The van der Waals surface area contributed by atoms with E-state index in [9.17, 15) is 14.4 Å². The van der Waals surface area contributed by atoms with Crippen molar-refractivity contribution in [3.05, 3.63) is 76.7 Å². The van der Waals surface area contributed by atoms with Crippen molar-refractivity contribution in [1.29, 1.82) is 0 Å². The first-order chi connectivity index (χ1) is 13.1. The lowest BCUT2D eigenvalue weighted by Crippen LogP contribution is -2.43. The Kier molecular flexibility index (Phi) is 4.13. The molecule has 2 aromatic carbocycles. The molecule has 27 heavy (non-hydrogen) atoms. The summed E-state index contributed by atoms with van der Waals surface area (Å²) in [5.41, 5.74) is 6.36. The van der Waals surface area contributed by atoms with Gasteiger partial charge in [-0.25, -0.2) is 0 Å². The zero-order valence-electron chi connectivity index (χ0n) is 14.1. The molecule has 0 saturated heterocycles. The fourth-order valence-electron chi connectivity index (χ4n) is 2.92. The monoisotopic (exact) mass is 361 g/mol. The maximum atomic E-state index is 12.3. The second kappa shape index (κ2) is 6.75. The number of amides is 2. The van der Waals surface area contributed by atoms with Gasteiger partial charge in [-0.1, -0.05) is 30.3 Å². The smallest absolute Gasteiger partial charge is 0.271 e. The minimum atomic E-state index is -0.468. The van der Waals surface area contributed by atoms with Crippen molar-refractivity contribution in [2.24, 2.45) is 0 Å². The highest BCUT2D eigenvalue weighted by molar-refractivity contribution is 6.07. The molecule has 2 amide bonds. The van der Waals surface area contributed by atoms with Gasteiger partial charge in [0.25, 0.3) is 11.8 Å². The Hall–Kier alpha value is -3.94. The average Bonchev–Trinajstić information content (AvgIpc) is 3.13. The summed E-state index contributed by atoms with van der Waals surface area (Å²) in [5.74, 6) is -0.900. The van der Waals surface area contributed by atoms with E-state index in [1.807, 2.05) is 24.3 Å². The molecule has 0 spiro atoms. The van der Waals surface area contributed by atoms with Crippen molar-refractivity contribution in [1.82, 2.24) is 25.6 Å². The quantitative estimate of drug-likeness (QED) is 0.478. The molecule has 3 N–H and O–H groups in total. The van der Waals surface area contributed by atoms with E-state index in [0.717, 1.165) is 10.9 Å². The number of hydrogen-bond donors (Lipinski definition) is 3. The van der Waals surface area contributed by atoms with E-state index in [1.165, 1.54) is 10.9 Å². The first kappa shape index (κ1) is 16.5. The van der Waals surface area contributed by atoms with Crippen molar-refractivity contribution >= 4 is 33.6 Å². The second-order valence-electron chi connectivity index (χ2n) is 5.93. The number of aromatic nitrogens is 3. The molecule has 8 heteroatoms. The van der Waals surface area contributed by atoms with E-state index in [1.54, 1.807) is 30.5 Å². The molecule has 0 radical (unpaired) electrons. The molecular formula is C19H15N5O3. The van der Waals surface area contributed by atoms with Gasteiger partial charge in [0.1, 0.15) is 6.54 Å². The van der Waals surface area contributed by atoms with Crippen LogP contribution in [0.15, 0.2) is 65.7 Å². The largest absolute Gasteiger partial charge is 0.360 e. The minimum absolute atomic E-state index is 0.144. The number of hydrazine groups is 1. The van der Waals surface area contributed by atoms with Gasteiger partial charge in [-0.15, -0.1) is 0 Å². The third-order valence-electron chi connectivity index (χ3n) is 4.20. The lowest BCUT2D eigenvalue weighted by Gasteiger charge is -2.10. The normalized spacial score (nSPS) is 10.8. The van der Waals surface area contributed by atoms with Crippen LogP contribution in [0.3, 0.4) is 0 Å². The van der Waals surface area contributed by atoms with Gasteiger partial charge in [0.05, 0.1) is 17.3 Å². The predicted octanol–water partition coefficient (Wildman–Crippen LogP) is 1.34. The van der Waals surface area contributed by atoms with E-state index < -0.39 is 11.8 Å². The predicted molar refractivity (Wildman–Crippen MR) is 99.9 cm³/mol. The van der Waals surface area contributed by atoms with Crippen LogP contribution in [0, 0.1) is 0 Å². The number of nitrogens with zero attached hydrogens (tertiary/aromatic N) is 2. The van der Waals surface area contributed by atoms with Crippen LogP contribution in [0.2, 0.25) is 0 Å². The SMILES string of the molecule is O=C(Cn1ncc(=O)c2ccccc21)NNC(=O)c1c[nH]c2ccccc12. The number of nitrogens with one attached hydrogen (secondary N) is 3. The minimum Gasteiger partial charge on any atom is -0.360 e. The molecule has 0 aliphatic carbocycles. The first-order valence-electron chi connectivity index (χ1n) is 8.23. The maximum Gasteiger partial charge on any atom is 0.271 e. The molecule has 2 aromatic heterocycles. The molecule has 0 fully saturated rings. The summed E-state index contributed by atoms with van der Waals surface area (Å²) in [6.07, 6.45) is 2.75. The van der Waals surface area contributed by atoms with Crippen LogP contribution < -0.4 is 16.3 Å². The summed E-state index contributed by atoms with van der Waals surface area (Å²) >= 11 is 0. The lowest BCUT2D eigenvalue weighted by atomic mass is 10.2. The fourth-order valence-corrected chi connectivity index (χ4v) is 2.92. The molecule has 0 unspecified atom stereocenters. The summed E-state index contributed by atoms with van der Waals surface area (Å²) in [4.78, 5) is 39.4. The van der Waals surface area contributed by atoms with Crippen LogP contribution >= 0.6 is 0 Å². The highest BCUT2D eigenvalue weighted by Gasteiger charge is 2.13. The number of H-pyrrole nitrogens is 1. The molecule has 0 aliphatic rings. The van der Waals surface area contributed by atoms with Crippen LogP contribution in [-0.4, -0.2) is 26.6 Å². The first-order valence-corrected chi connectivity index (χ1v) is 8.23. The Morgan fingerprint density at radius 2 is 1.74 bits per heavy atom. The summed E-state index contributed by atoms with van der Waals surface area (Å²) in [6, 6.07) is 14.3. The Labute approximate surface area is 152 Å². The standard InChI is InChI=1S/C19H15N5O3/c25-17-10-21-24(16-8-4-2-6-13(16)17)11-18(26)22-23-19(27)14-9-20-15-7-3-1-5-12(14)15/h1-10,20H,11H2,(H,22,26)(H,23,27). The van der Waals surface area contributed by atoms with E-state index in [4.69, 9.17) is 0 Å². The number of carbonyl (C=O) groups is 2. The van der Waals surface area contributed by atoms with Gasteiger partial charge in [0, 0.05) is 22.5 Å². The Balaban J connectivity index is 1.47. The number of carbonyl (C=O) groups excluding carboxylic acids is 2. The fraction of sp³-hybridized carbons (Fsp3) is 0.0526. The molecule has 0 aliphatic heterocycles. The van der Waals surface area contributed by atoms with Gasteiger partial charge in [-0.3, -0.25) is 29.9 Å². The van der Waals surface area contributed by atoms with Crippen molar-refractivity contribution < 1.29 is 9.59 Å². The third-order valence-corrected chi connectivity index (χ3v) is 4.20. The maximum absolute atomic E-state index is 12.3. The Morgan fingerprint density at radius 1 is 1.00 bits per heavy atom. The van der Waals surface area contributed by atoms with Gasteiger partial charge in [0.2, 0.25) is 5.43 Å². The van der Waals surface area contributed by atoms with E-state index >= 15 is 0 Å². The van der Waals surface area contributed by atoms with Crippen LogP contribution in [0.5, 0.6) is 0 Å². The van der Waals surface area contributed by atoms with Gasteiger partial charge in [-0.05, 0) is 18.2 Å². The average molecular weight is 361 g/mol. The van der Waals surface area contributed by atoms with Gasteiger partial charge in [-0.2, -0.15) is 5.10 Å². The summed E-state index contributed by atoms with van der Waals surface area (Å²) in [5, 5.41) is 5.23. The van der Waals surface area contributed by atoms with Gasteiger partial charge < -0.3 is 4.98 Å². The van der Waals surface area contributed by atoms with Crippen LogP contribution in [0.1, 0.15) is 10.4 Å². The summed E-state index contributed by atoms with van der Waals surface area (Å²) < 4.78 is 1.41. The number of hydrogen-bond acceptors (Lipinski definition) is 4. The molecule has 0 atom stereocenters. The van der Waals surface area contributed by atoms with Crippen LogP contribution in [0.4, 0.5) is 0 Å². The molecule has 134 valence electrons. The second-order valence-corrected chi connectivity index (χ2v) is 5.93. The number of aromatic amines is 1. The van der Waals surface area contributed by atoms with E-state index in [0.29, 0.717) is 16.5 Å². The molecule has 0 bridgehead atoms. The summed E-state index contributed by atoms with van der Waals surface area (Å²) in [7, 11) is 0. The zero-order chi connectivity index (χ0) is 18.8. The van der Waals surface area contributed by atoms with Crippen molar-refractivity contribution in [3.63, 3.8) is 0 Å². The molecule has 8 nitrogen and oxygen atoms in total. The molecule has 2 heterocycles. The molecule has 4 aromatic rings. The topological polar surface area (TPSA) is 109 Å². The third kappa shape index (κ3) is 3.15. The zero-order valence-corrected chi connectivity index (χ0v) is 14.1. The van der Waals surface area contributed by atoms with Gasteiger partial charge in [0.15, 0.2) is 0 Å². The van der Waals surface area contributed by atoms with Gasteiger partial charge >= 0.3 is 0 Å². The highest BCUT2D eigenvalue weighted by atomic mass is 16.2. The van der Waals surface area contributed by atoms with Crippen molar-refractivity contribution in [2.45, 2.75) is 6.54 Å². The van der Waals surface area contributed by atoms with E-state index in [-0.39, 0.29) is 12.0 Å². The Morgan fingerprint density at radius 3 is 2.59 bits per heavy atom. The number of rotatable bonds is 3. The highest BCUT2D eigenvalue weighted by Crippen LogP contribution is 2.17. The molecule has 0 saturated carbocycles.